The van der Waals surface area contributed by atoms with E-state index in [9.17, 15) is 0 Å². The largest absolute Gasteiger partial charge is 0.316 e. The van der Waals surface area contributed by atoms with Crippen molar-refractivity contribution in [2.24, 2.45) is 0 Å². The van der Waals surface area contributed by atoms with Crippen molar-refractivity contribution in [1.82, 2.24) is 20.8 Å². The van der Waals surface area contributed by atoms with Gasteiger partial charge < -0.3 is 10.6 Å². The predicted octanol–water partition coefficient (Wildman–Crippen LogP) is 0.930. The third kappa shape index (κ3) is 6.25. The number of hydrogen-bond acceptors (Lipinski definition) is 3. The number of aromatic nitrogens is 2. The molecule has 0 aromatic carbocycles. The van der Waals surface area contributed by atoms with Crippen LogP contribution in [0.5, 0.6) is 0 Å². The van der Waals surface area contributed by atoms with Gasteiger partial charge in [-0.05, 0) is 25.6 Å². The lowest BCUT2D eigenvalue weighted by atomic mass is 10.3. The first kappa shape index (κ1) is 12.2. The van der Waals surface area contributed by atoms with Crippen molar-refractivity contribution in [2.45, 2.75) is 32.7 Å². The molecule has 15 heavy (non-hydrogen) atoms. The van der Waals surface area contributed by atoms with E-state index < -0.39 is 0 Å². The van der Waals surface area contributed by atoms with E-state index in [0.29, 0.717) is 6.04 Å². The molecule has 0 aliphatic rings. The van der Waals surface area contributed by atoms with E-state index in [-0.39, 0.29) is 0 Å². The second-order valence-corrected chi connectivity index (χ2v) is 4.04. The van der Waals surface area contributed by atoms with Crippen LogP contribution in [0, 0.1) is 0 Å². The van der Waals surface area contributed by atoms with E-state index in [1.54, 1.807) is 6.20 Å². The fourth-order valence-corrected chi connectivity index (χ4v) is 1.38. The quantitative estimate of drug-likeness (QED) is 0.560. The fourth-order valence-electron chi connectivity index (χ4n) is 1.38. The zero-order valence-electron chi connectivity index (χ0n) is 9.71. The lowest BCUT2D eigenvalue weighted by Crippen LogP contribution is -2.27. The van der Waals surface area contributed by atoms with Gasteiger partial charge in [0.1, 0.15) is 0 Å². The Labute approximate surface area is 91.8 Å². The highest BCUT2D eigenvalue weighted by Crippen LogP contribution is 1.90. The van der Waals surface area contributed by atoms with Gasteiger partial charge in [-0.2, -0.15) is 5.10 Å². The molecule has 1 aromatic rings. The summed E-state index contributed by atoms with van der Waals surface area (Å²) in [6.07, 6.45) is 4.00. The molecule has 0 spiro atoms. The van der Waals surface area contributed by atoms with Crippen LogP contribution >= 0.6 is 0 Å². The molecule has 86 valence electrons. The molecule has 0 saturated heterocycles. The van der Waals surface area contributed by atoms with E-state index in [1.807, 2.05) is 6.07 Å². The monoisotopic (exact) mass is 210 g/mol. The molecular formula is C11H22N4. The second-order valence-electron chi connectivity index (χ2n) is 4.04. The van der Waals surface area contributed by atoms with Gasteiger partial charge in [-0.1, -0.05) is 13.8 Å². The van der Waals surface area contributed by atoms with Crippen LogP contribution in [0.1, 0.15) is 26.0 Å². The second kappa shape index (κ2) is 7.43. The van der Waals surface area contributed by atoms with Gasteiger partial charge in [-0.3, -0.25) is 5.10 Å². The summed E-state index contributed by atoms with van der Waals surface area (Å²) in [4.78, 5) is 0. The molecule has 0 bridgehead atoms. The first-order valence-electron chi connectivity index (χ1n) is 5.71. The molecule has 3 N–H and O–H groups in total. The SMILES string of the molecule is CC(C)NCCCNCCc1ccn[nH]1. The molecule has 1 rings (SSSR count). The van der Waals surface area contributed by atoms with Crippen molar-refractivity contribution in [2.75, 3.05) is 19.6 Å². The summed E-state index contributed by atoms with van der Waals surface area (Å²) in [5.74, 6) is 0. The topological polar surface area (TPSA) is 52.7 Å². The maximum absolute atomic E-state index is 3.91. The standard InChI is InChI=1S/C11H22N4/c1-10(2)13-7-3-6-12-8-4-11-5-9-14-15-11/h5,9-10,12-13H,3-4,6-8H2,1-2H3,(H,14,15). The molecular weight excluding hydrogens is 188 g/mol. The molecule has 4 heteroatoms. The highest BCUT2D eigenvalue weighted by Gasteiger charge is 1.94. The predicted molar refractivity (Wildman–Crippen MR) is 62.9 cm³/mol. The summed E-state index contributed by atoms with van der Waals surface area (Å²) in [6.45, 7) is 7.53. The molecule has 0 fully saturated rings. The third-order valence-corrected chi connectivity index (χ3v) is 2.21. The minimum atomic E-state index is 0.593. The Kier molecular flexibility index (Phi) is 6.04. The van der Waals surface area contributed by atoms with Gasteiger partial charge in [0.15, 0.2) is 0 Å². The van der Waals surface area contributed by atoms with Crippen LogP contribution in [-0.2, 0) is 6.42 Å². The smallest absolute Gasteiger partial charge is 0.0490 e. The van der Waals surface area contributed by atoms with Crippen LogP contribution in [0.4, 0.5) is 0 Å². The first-order chi connectivity index (χ1) is 7.29. The summed E-state index contributed by atoms with van der Waals surface area (Å²) < 4.78 is 0. The maximum atomic E-state index is 3.91. The van der Waals surface area contributed by atoms with Crippen LogP contribution in [0.3, 0.4) is 0 Å². The summed E-state index contributed by atoms with van der Waals surface area (Å²) >= 11 is 0. The normalized spacial score (nSPS) is 11.1. The number of rotatable bonds is 8. The maximum Gasteiger partial charge on any atom is 0.0490 e. The van der Waals surface area contributed by atoms with Gasteiger partial charge in [-0.25, -0.2) is 0 Å². The third-order valence-electron chi connectivity index (χ3n) is 2.21. The number of aromatic amines is 1. The molecule has 0 radical (unpaired) electrons. The van der Waals surface area contributed by atoms with E-state index in [4.69, 9.17) is 0 Å². The van der Waals surface area contributed by atoms with Gasteiger partial charge in [0.05, 0.1) is 0 Å². The van der Waals surface area contributed by atoms with Crippen molar-refractivity contribution < 1.29 is 0 Å². The van der Waals surface area contributed by atoms with Crippen molar-refractivity contribution >= 4 is 0 Å². The summed E-state index contributed by atoms with van der Waals surface area (Å²) in [5, 5.41) is 13.7. The molecule has 0 saturated carbocycles. The average molecular weight is 210 g/mol. The molecule has 0 atom stereocenters. The van der Waals surface area contributed by atoms with E-state index in [2.05, 4.69) is 34.7 Å². The first-order valence-corrected chi connectivity index (χ1v) is 5.71. The summed E-state index contributed by atoms with van der Waals surface area (Å²) in [7, 11) is 0. The molecule has 0 amide bonds. The zero-order valence-corrected chi connectivity index (χ0v) is 9.71. The Morgan fingerprint density at radius 1 is 1.33 bits per heavy atom. The van der Waals surface area contributed by atoms with Crippen molar-refractivity contribution in [1.29, 1.82) is 0 Å². The van der Waals surface area contributed by atoms with Crippen LogP contribution < -0.4 is 10.6 Å². The van der Waals surface area contributed by atoms with Crippen molar-refractivity contribution in [3.8, 4) is 0 Å². The highest BCUT2D eigenvalue weighted by molar-refractivity contribution is 4.97. The molecule has 0 unspecified atom stereocenters. The van der Waals surface area contributed by atoms with E-state index >= 15 is 0 Å². The molecule has 1 heterocycles. The number of H-pyrrole nitrogens is 1. The zero-order chi connectivity index (χ0) is 10.9. The minimum absolute atomic E-state index is 0.593. The van der Waals surface area contributed by atoms with E-state index in [0.717, 1.165) is 26.1 Å². The van der Waals surface area contributed by atoms with Crippen LogP contribution in [-0.4, -0.2) is 35.9 Å². The van der Waals surface area contributed by atoms with Gasteiger partial charge >= 0.3 is 0 Å². The summed E-state index contributed by atoms with van der Waals surface area (Å²) in [5.41, 5.74) is 1.20. The lowest BCUT2D eigenvalue weighted by molar-refractivity contribution is 0.548. The average Bonchev–Trinajstić information content (AvgIpc) is 2.68. The highest BCUT2D eigenvalue weighted by atomic mass is 15.1. The molecule has 0 aliphatic carbocycles. The van der Waals surface area contributed by atoms with Gasteiger partial charge in [0, 0.05) is 30.9 Å². The van der Waals surface area contributed by atoms with Crippen molar-refractivity contribution in [3.05, 3.63) is 18.0 Å². The minimum Gasteiger partial charge on any atom is -0.316 e. The van der Waals surface area contributed by atoms with E-state index in [1.165, 1.54) is 12.1 Å². The Morgan fingerprint density at radius 3 is 2.87 bits per heavy atom. The Bertz CT molecular complexity index is 231. The number of hydrogen-bond donors (Lipinski definition) is 3. The Hall–Kier alpha value is -0.870. The van der Waals surface area contributed by atoms with Crippen LogP contribution in [0.2, 0.25) is 0 Å². The van der Waals surface area contributed by atoms with Crippen LogP contribution in [0.25, 0.3) is 0 Å². The van der Waals surface area contributed by atoms with Gasteiger partial charge in [0.2, 0.25) is 0 Å². The Balaban J connectivity index is 1.85. The van der Waals surface area contributed by atoms with Gasteiger partial charge in [-0.15, -0.1) is 0 Å². The van der Waals surface area contributed by atoms with Crippen LogP contribution in [0.15, 0.2) is 12.3 Å². The fraction of sp³-hybridized carbons (Fsp3) is 0.727. The lowest BCUT2D eigenvalue weighted by Gasteiger charge is -2.08. The molecule has 1 aromatic heterocycles. The van der Waals surface area contributed by atoms with Crippen molar-refractivity contribution in [3.63, 3.8) is 0 Å². The molecule has 4 nitrogen and oxygen atoms in total. The Morgan fingerprint density at radius 2 is 2.20 bits per heavy atom. The molecule has 0 aliphatic heterocycles. The summed E-state index contributed by atoms with van der Waals surface area (Å²) in [6, 6.07) is 2.61. The van der Waals surface area contributed by atoms with Gasteiger partial charge in [0.25, 0.3) is 0 Å². The number of nitrogens with one attached hydrogen (secondary N) is 3. The number of nitrogens with zero attached hydrogens (tertiary/aromatic N) is 1.